The highest BCUT2D eigenvalue weighted by Gasteiger charge is 2.33. The SMILES string of the molecule is Cc1nnc2n1-c1sc3c(c1C(c1ccc(CCc4ccc(C(F)(F)F)cc4)cc1Cl)=NC2C)CCC3. The van der Waals surface area contributed by atoms with E-state index in [0.29, 0.717) is 17.9 Å². The van der Waals surface area contributed by atoms with Gasteiger partial charge < -0.3 is 0 Å². The van der Waals surface area contributed by atoms with Gasteiger partial charge in [-0.3, -0.25) is 9.56 Å². The van der Waals surface area contributed by atoms with Crippen LogP contribution in [0.2, 0.25) is 5.02 Å². The van der Waals surface area contributed by atoms with Crippen LogP contribution < -0.4 is 0 Å². The fraction of sp³-hybridized carbons (Fsp3) is 0.321. The van der Waals surface area contributed by atoms with Crippen LogP contribution in [0.5, 0.6) is 0 Å². The molecule has 0 bridgehead atoms. The van der Waals surface area contributed by atoms with E-state index in [-0.39, 0.29) is 6.04 Å². The van der Waals surface area contributed by atoms with E-state index in [9.17, 15) is 13.2 Å². The molecule has 2 aliphatic rings. The zero-order valence-corrected chi connectivity index (χ0v) is 21.9. The molecule has 0 saturated heterocycles. The third-order valence-electron chi connectivity index (χ3n) is 7.16. The summed E-state index contributed by atoms with van der Waals surface area (Å²) >= 11 is 8.69. The lowest BCUT2D eigenvalue weighted by atomic mass is 9.96. The maximum atomic E-state index is 12.8. The molecule has 37 heavy (non-hydrogen) atoms. The number of nitrogens with zero attached hydrogens (tertiary/aromatic N) is 4. The van der Waals surface area contributed by atoms with Crippen molar-refractivity contribution < 1.29 is 13.2 Å². The average molecular weight is 541 g/mol. The van der Waals surface area contributed by atoms with Gasteiger partial charge in [-0.2, -0.15) is 13.2 Å². The first-order valence-corrected chi connectivity index (χ1v) is 13.5. The van der Waals surface area contributed by atoms with Crippen molar-refractivity contribution in [3.63, 3.8) is 0 Å². The number of aromatic nitrogens is 3. The Hall–Kier alpha value is -2.97. The number of alkyl halides is 3. The summed E-state index contributed by atoms with van der Waals surface area (Å²) in [6, 6.07) is 11.2. The summed E-state index contributed by atoms with van der Waals surface area (Å²) in [6.07, 6.45) is 0.212. The van der Waals surface area contributed by atoms with E-state index in [2.05, 4.69) is 14.8 Å². The molecule has 190 valence electrons. The molecule has 0 fully saturated rings. The van der Waals surface area contributed by atoms with Gasteiger partial charge in [0.1, 0.15) is 16.9 Å². The maximum absolute atomic E-state index is 12.8. The lowest BCUT2D eigenvalue weighted by Crippen LogP contribution is -2.09. The lowest BCUT2D eigenvalue weighted by Gasteiger charge is -2.13. The van der Waals surface area contributed by atoms with Crippen molar-refractivity contribution in [2.45, 2.75) is 58.2 Å². The van der Waals surface area contributed by atoms with E-state index >= 15 is 0 Å². The molecular formula is C28H24ClF3N4S. The molecule has 4 nitrogen and oxygen atoms in total. The van der Waals surface area contributed by atoms with Crippen LogP contribution in [-0.2, 0) is 31.9 Å². The Morgan fingerprint density at radius 2 is 1.76 bits per heavy atom. The maximum Gasteiger partial charge on any atom is 0.416 e. The zero-order chi connectivity index (χ0) is 25.9. The van der Waals surface area contributed by atoms with Gasteiger partial charge in [0.2, 0.25) is 0 Å². The van der Waals surface area contributed by atoms with E-state index in [4.69, 9.17) is 16.6 Å². The zero-order valence-electron chi connectivity index (χ0n) is 20.4. The van der Waals surface area contributed by atoms with Crippen molar-refractivity contribution in [1.82, 2.24) is 14.8 Å². The van der Waals surface area contributed by atoms with Gasteiger partial charge >= 0.3 is 6.18 Å². The molecule has 2 aromatic heterocycles. The molecule has 1 unspecified atom stereocenters. The van der Waals surface area contributed by atoms with Crippen LogP contribution in [0.15, 0.2) is 47.5 Å². The molecule has 0 radical (unpaired) electrons. The van der Waals surface area contributed by atoms with Crippen molar-refractivity contribution in [3.8, 4) is 5.00 Å². The molecule has 1 atom stereocenters. The molecular weight excluding hydrogens is 517 g/mol. The van der Waals surface area contributed by atoms with Gasteiger partial charge in [-0.15, -0.1) is 21.5 Å². The van der Waals surface area contributed by atoms with Gasteiger partial charge in [0, 0.05) is 16.0 Å². The van der Waals surface area contributed by atoms with Gasteiger partial charge in [-0.1, -0.05) is 35.9 Å². The van der Waals surface area contributed by atoms with Crippen LogP contribution in [-0.4, -0.2) is 20.5 Å². The van der Waals surface area contributed by atoms with Crippen LogP contribution in [0.25, 0.3) is 5.00 Å². The van der Waals surface area contributed by atoms with E-state index < -0.39 is 11.7 Å². The number of benzene rings is 2. The third kappa shape index (κ3) is 4.30. The normalized spacial score (nSPS) is 16.7. The molecule has 3 heterocycles. The van der Waals surface area contributed by atoms with Crippen LogP contribution in [0.1, 0.15) is 69.3 Å². The van der Waals surface area contributed by atoms with Gasteiger partial charge in [0.25, 0.3) is 0 Å². The fourth-order valence-electron chi connectivity index (χ4n) is 5.27. The number of halogens is 4. The van der Waals surface area contributed by atoms with E-state index in [1.807, 2.05) is 32.0 Å². The quantitative estimate of drug-likeness (QED) is 0.269. The summed E-state index contributed by atoms with van der Waals surface area (Å²) in [5.41, 5.74) is 5.53. The highest BCUT2D eigenvalue weighted by Crippen LogP contribution is 2.43. The number of thiophene rings is 1. The Labute approximate surface area is 221 Å². The molecule has 0 spiro atoms. The smallest absolute Gasteiger partial charge is 0.273 e. The minimum atomic E-state index is -4.32. The first kappa shape index (κ1) is 24.4. The molecule has 0 N–H and O–H groups in total. The summed E-state index contributed by atoms with van der Waals surface area (Å²) in [5, 5.41) is 10.5. The predicted octanol–water partition coefficient (Wildman–Crippen LogP) is 7.50. The molecule has 4 aromatic rings. The summed E-state index contributed by atoms with van der Waals surface area (Å²) in [7, 11) is 0. The van der Waals surface area contributed by atoms with Crippen molar-refractivity contribution in [3.05, 3.63) is 97.4 Å². The monoisotopic (exact) mass is 540 g/mol. The Morgan fingerprint density at radius 3 is 2.49 bits per heavy atom. The van der Waals surface area contributed by atoms with Crippen LogP contribution in [0, 0.1) is 6.92 Å². The standard InChI is InChI=1S/C28H24ClF3N4S/c1-15-26-35-34-16(2)36(26)27-24(21-4-3-5-23(21)37-27)25(33-15)20-13-10-18(14-22(20)29)7-6-17-8-11-19(12-9-17)28(30,31)32/h8-15H,3-7H2,1-2H3. The predicted molar refractivity (Wildman–Crippen MR) is 140 cm³/mol. The second kappa shape index (κ2) is 9.10. The van der Waals surface area contributed by atoms with Gasteiger partial charge in [-0.05, 0) is 80.8 Å². The summed E-state index contributed by atoms with van der Waals surface area (Å²) in [5.74, 6) is 1.68. The van der Waals surface area contributed by atoms with Gasteiger partial charge in [0.15, 0.2) is 5.82 Å². The number of rotatable bonds is 4. The highest BCUT2D eigenvalue weighted by atomic mass is 35.5. The minimum Gasteiger partial charge on any atom is -0.273 e. The molecule has 1 aliphatic carbocycles. The molecule has 9 heteroatoms. The molecule has 0 amide bonds. The van der Waals surface area contributed by atoms with Crippen LogP contribution >= 0.6 is 22.9 Å². The topological polar surface area (TPSA) is 43.1 Å². The number of aryl methyl sites for hydroxylation is 4. The average Bonchev–Trinajstić information content (AvgIpc) is 3.53. The Kier molecular flexibility index (Phi) is 5.99. The molecule has 0 saturated carbocycles. The Bertz CT molecular complexity index is 1530. The minimum absolute atomic E-state index is 0.178. The summed E-state index contributed by atoms with van der Waals surface area (Å²) in [6.45, 7) is 4.00. The van der Waals surface area contributed by atoms with Gasteiger partial charge in [0.05, 0.1) is 16.3 Å². The van der Waals surface area contributed by atoms with E-state index in [0.717, 1.165) is 76.0 Å². The first-order valence-electron chi connectivity index (χ1n) is 12.3. The van der Waals surface area contributed by atoms with Crippen LogP contribution in [0.3, 0.4) is 0 Å². The van der Waals surface area contributed by atoms with Crippen molar-refractivity contribution >= 4 is 28.6 Å². The van der Waals surface area contributed by atoms with E-state index in [1.54, 1.807) is 23.5 Å². The van der Waals surface area contributed by atoms with E-state index in [1.165, 1.54) is 10.4 Å². The second-order valence-electron chi connectivity index (χ2n) is 9.64. The van der Waals surface area contributed by atoms with Crippen LogP contribution in [0.4, 0.5) is 13.2 Å². The van der Waals surface area contributed by atoms with Crippen molar-refractivity contribution in [1.29, 1.82) is 0 Å². The Morgan fingerprint density at radius 1 is 1.03 bits per heavy atom. The highest BCUT2D eigenvalue weighted by molar-refractivity contribution is 7.15. The summed E-state index contributed by atoms with van der Waals surface area (Å²) in [4.78, 5) is 6.53. The van der Waals surface area contributed by atoms with Crippen molar-refractivity contribution in [2.24, 2.45) is 4.99 Å². The number of hydrogen-bond acceptors (Lipinski definition) is 4. The Balaban J connectivity index is 1.32. The lowest BCUT2D eigenvalue weighted by molar-refractivity contribution is -0.137. The molecule has 2 aromatic carbocycles. The number of hydrogen-bond donors (Lipinski definition) is 0. The van der Waals surface area contributed by atoms with Crippen molar-refractivity contribution in [2.75, 3.05) is 0 Å². The first-order chi connectivity index (χ1) is 17.7. The fourth-order valence-corrected chi connectivity index (χ4v) is 7.01. The number of fused-ring (bicyclic) bond motifs is 5. The van der Waals surface area contributed by atoms with Gasteiger partial charge in [-0.25, -0.2) is 0 Å². The summed E-state index contributed by atoms with van der Waals surface area (Å²) < 4.78 is 40.7. The molecule has 1 aliphatic heterocycles. The number of aliphatic imine (C=N–C) groups is 1. The molecule has 6 rings (SSSR count). The largest absolute Gasteiger partial charge is 0.416 e. The third-order valence-corrected chi connectivity index (χ3v) is 8.75. The second-order valence-corrected chi connectivity index (χ2v) is 11.1.